The molecule has 0 aromatic heterocycles. The molecule has 0 aliphatic heterocycles. The summed E-state index contributed by atoms with van der Waals surface area (Å²) in [5, 5.41) is 0. The van der Waals surface area contributed by atoms with Crippen LogP contribution in [0.15, 0.2) is 0 Å². The fourth-order valence-corrected chi connectivity index (χ4v) is 2.39. The van der Waals surface area contributed by atoms with Gasteiger partial charge in [-0.3, -0.25) is 0 Å². The van der Waals surface area contributed by atoms with Crippen molar-refractivity contribution in [2.45, 2.75) is 34.6 Å². The van der Waals surface area contributed by atoms with Gasteiger partial charge in [0.15, 0.2) is 0 Å². The average molecular weight is 425 g/mol. The van der Waals surface area contributed by atoms with Crippen LogP contribution in [0.3, 0.4) is 0 Å². The quantitative estimate of drug-likeness (QED) is 0.546. The number of hydrogen-bond acceptors (Lipinski definition) is 1. The van der Waals surface area contributed by atoms with E-state index in [2.05, 4.69) is 34.6 Å². The number of hydrogen-bond donors (Lipinski definition) is 0. The first-order chi connectivity index (χ1) is 6.97. The van der Waals surface area contributed by atoms with Gasteiger partial charge in [-0.25, -0.2) is 0 Å². The average Bonchev–Trinajstić information content (AvgIpc) is 2.41. The third-order valence-corrected chi connectivity index (χ3v) is 4.15. The second-order valence-corrected chi connectivity index (χ2v) is 8.59. The smallest absolute Gasteiger partial charge is 0.423 e. The number of nitrogens with zero attached hydrogens (tertiary/aromatic N) is 1. The van der Waals surface area contributed by atoms with Crippen LogP contribution in [0, 0.1) is 34.5 Å². The summed E-state index contributed by atoms with van der Waals surface area (Å²) < 4.78 is 0. The topological polar surface area (TPSA) is 39.4 Å². The number of halogens is 2. The third kappa shape index (κ3) is 5.65. The van der Waals surface area contributed by atoms with E-state index in [9.17, 15) is 0 Å². The normalized spacial score (nSPS) is 38.5. The van der Waals surface area contributed by atoms with E-state index < -0.39 is 16.5 Å². The Balaban J connectivity index is 0. The van der Waals surface area contributed by atoms with Gasteiger partial charge in [0.05, 0.1) is 0 Å². The van der Waals surface area contributed by atoms with Crippen LogP contribution in [0.1, 0.15) is 34.6 Å². The van der Waals surface area contributed by atoms with Crippen LogP contribution in [0.5, 0.6) is 0 Å². The van der Waals surface area contributed by atoms with Crippen molar-refractivity contribution < 1.29 is 16.5 Å². The number of nitroso groups, excluding NO2 is 1. The molecule has 92 valence electrons. The van der Waals surface area contributed by atoms with Crippen molar-refractivity contribution in [1.29, 1.82) is 0 Å². The molecule has 0 amide bonds. The molecule has 1 rings (SSSR count). The van der Waals surface area contributed by atoms with Crippen molar-refractivity contribution >= 4 is 18.8 Å². The van der Waals surface area contributed by atoms with Gasteiger partial charge >= 0.3 is 35.3 Å². The molecule has 0 spiro atoms. The van der Waals surface area contributed by atoms with Crippen molar-refractivity contribution in [3.8, 4) is 0 Å². The van der Waals surface area contributed by atoms with Gasteiger partial charge in [-0.2, -0.15) is 0 Å². The first kappa shape index (κ1) is 18.2. The monoisotopic (exact) mass is 424 g/mol. The van der Waals surface area contributed by atoms with E-state index in [1.54, 1.807) is 0 Å². The van der Waals surface area contributed by atoms with Crippen molar-refractivity contribution in [2.75, 3.05) is 0 Å². The Morgan fingerprint density at radius 2 is 0.800 bits per heavy atom. The van der Waals surface area contributed by atoms with Crippen molar-refractivity contribution in [1.82, 2.24) is 0 Å². The molecule has 15 heavy (non-hydrogen) atoms. The predicted octanol–water partition coefficient (Wildman–Crippen LogP) is 4.88. The second-order valence-electron chi connectivity index (χ2n) is 4.35. The van der Waals surface area contributed by atoms with Crippen molar-refractivity contribution in [3.05, 3.63) is 10.5 Å². The zero-order valence-corrected chi connectivity index (χ0v) is 14.4. The minimum Gasteiger partial charge on any atom is -0.577 e. The van der Waals surface area contributed by atoms with Gasteiger partial charge in [0, 0.05) is 0 Å². The van der Waals surface area contributed by atoms with E-state index in [1.165, 1.54) is 0 Å². The molecule has 0 atom stereocenters. The third-order valence-electron chi connectivity index (χ3n) is 4.15. The molecular weight excluding hydrogens is 405 g/mol. The van der Waals surface area contributed by atoms with Gasteiger partial charge in [0.2, 0.25) is 0 Å². The van der Waals surface area contributed by atoms with E-state index in [1.807, 2.05) is 0 Å². The van der Waals surface area contributed by atoms with Gasteiger partial charge in [-0.05, 0) is 29.6 Å². The van der Waals surface area contributed by atoms with Crippen molar-refractivity contribution in [2.24, 2.45) is 29.6 Å². The predicted molar refractivity (Wildman–Crippen MR) is 64.3 cm³/mol. The van der Waals surface area contributed by atoms with E-state index >= 15 is 0 Å². The van der Waals surface area contributed by atoms with Crippen LogP contribution in [0.4, 0.5) is 0 Å². The molecule has 0 unspecified atom stereocenters. The maximum Gasteiger partial charge on any atom is -0.423 e. The van der Waals surface area contributed by atoms with Crippen LogP contribution in [0.2, 0.25) is 0 Å². The molecule has 5 heteroatoms. The molecule has 0 radical (unpaired) electrons. The van der Waals surface area contributed by atoms with E-state index in [-0.39, 0.29) is 0 Å². The summed E-state index contributed by atoms with van der Waals surface area (Å²) in [4.78, 5) is 7.25. The molecule has 0 saturated heterocycles. The maximum atomic E-state index is 7.25. The van der Waals surface area contributed by atoms with Crippen LogP contribution in [-0.2, 0) is 16.5 Å². The van der Waals surface area contributed by atoms with E-state index in [0.29, 0.717) is 0 Å². The Bertz CT molecular complexity index is 118. The summed E-state index contributed by atoms with van der Waals surface area (Å²) >= 11 is -0.806. The summed E-state index contributed by atoms with van der Waals surface area (Å²) in [6.45, 7) is 12.0. The van der Waals surface area contributed by atoms with Crippen LogP contribution < -0.4 is 0 Å². The summed E-state index contributed by atoms with van der Waals surface area (Å²) in [7, 11) is 9.86. The Hall–Kier alpha value is 0.868. The Kier molecular flexibility index (Phi) is 12.2. The minimum absolute atomic E-state index is 0.806. The van der Waals surface area contributed by atoms with Gasteiger partial charge in [0.25, 0.3) is 0 Å². The molecule has 0 N–H and O–H groups in total. The molecular formula is C10H20Cl2NOW-. The van der Waals surface area contributed by atoms with E-state index in [0.717, 1.165) is 29.6 Å². The largest absolute Gasteiger partial charge is 0.577 e. The second kappa shape index (κ2) is 10.0. The summed E-state index contributed by atoms with van der Waals surface area (Å²) in [6.07, 6.45) is 0. The zero-order chi connectivity index (χ0) is 12.6. The summed E-state index contributed by atoms with van der Waals surface area (Å²) in [6, 6.07) is 0. The molecule has 1 aliphatic rings. The Morgan fingerprint density at radius 1 is 0.733 bits per heavy atom. The van der Waals surface area contributed by atoms with Gasteiger partial charge < -0.3 is 10.5 Å². The summed E-state index contributed by atoms with van der Waals surface area (Å²) in [5.41, 5.74) is 5.75. The maximum absolute atomic E-state index is 7.25. The van der Waals surface area contributed by atoms with Gasteiger partial charge in [-0.15, -0.1) is 0 Å². The van der Waals surface area contributed by atoms with Crippen LogP contribution in [-0.4, -0.2) is 0 Å². The minimum atomic E-state index is -0.806. The fraction of sp³-hybridized carbons (Fsp3) is 1.00. The standard InChI is InChI=1S/C10H20.2ClH.NO.W/c1-6-7(2)9(4)10(5)8(6)3;;;1-2;/h6-10H,1-5H3;2*1H;;/q;;;-1;+2/p-2. The molecule has 0 heterocycles. The SMILES string of the molecule is CC1C(C)C(C)C(C)C1C.[Cl][W][Cl].[N-]=O. The molecule has 0 aromatic rings. The van der Waals surface area contributed by atoms with Crippen molar-refractivity contribution in [3.63, 3.8) is 0 Å². The van der Waals surface area contributed by atoms with Crippen LogP contribution >= 0.6 is 18.8 Å². The summed E-state index contributed by atoms with van der Waals surface area (Å²) in [5.74, 6) is 4.68. The molecule has 1 fully saturated rings. The Labute approximate surface area is 110 Å². The van der Waals surface area contributed by atoms with Gasteiger partial charge in [0.1, 0.15) is 0 Å². The van der Waals surface area contributed by atoms with E-state index in [4.69, 9.17) is 29.3 Å². The Morgan fingerprint density at radius 3 is 0.867 bits per heavy atom. The zero-order valence-electron chi connectivity index (χ0n) is 9.91. The fourth-order valence-electron chi connectivity index (χ4n) is 2.39. The number of rotatable bonds is 0. The first-order valence-electron chi connectivity index (χ1n) is 5.04. The molecule has 1 saturated carbocycles. The van der Waals surface area contributed by atoms with Crippen LogP contribution in [0.25, 0.3) is 5.59 Å². The molecule has 1 aliphatic carbocycles. The van der Waals surface area contributed by atoms with Gasteiger partial charge in [-0.1, -0.05) is 34.6 Å². The molecule has 2 nitrogen and oxygen atoms in total. The molecule has 0 aromatic carbocycles. The first-order valence-corrected chi connectivity index (χ1v) is 12.3. The molecule has 0 bridgehead atoms.